The number of carbonyl (C=O) groups is 1. The lowest BCUT2D eigenvalue weighted by Crippen LogP contribution is -2.29. The first-order valence-corrected chi connectivity index (χ1v) is 9.97. The van der Waals surface area contributed by atoms with Gasteiger partial charge in [0.05, 0.1) is 5.75 Å². The van der Waals surface area contributed by atoms with Crippen molar-refractivity contribution in [2.75, 3.05) is 18.1 Å². The van der Waals surface area contributed by atoms with Crippen LogP contribution in [0.2, 0.25) is 0 Å². The van der Waals surface area contributed by atoms with Crippen LogP contribution in [0.3, 0.4) is 0 Å². The number of sulfone groups is 1. The van der Waals surface area contributed by atoms with Crippen LogP contribution in [0.4, 0.5) is 0 Å². The van der Waals surface area contributed by atoms with E-state index in [2.05, 4.69) is 21.2 Å². The van der Waals surface area contributed by atoms with Gasteiger partial charge in [-0.05, 0) is 36.4 Å². The molecule has 0 saturated carbocycles. The van der Waals surface area contributed by atoms with Crippen LogP contribution in [-0.4, -0.2) is 32.4 Å². The van der Waals surface area contributed by atoms with E-state index in [4.69, 9.17) is 9.15 Å². The molecule has 0 saturated heterocycles. The van der Waals surface area contributed by atoms with E-state index in [0.717, 1.165) is 4.47 Å². The summed E-state index contributed by atoms with van der Waals surface area (Å²) >= 11 is 3.34. The SMILES string of the molecule is CCS(=O)(=O)CCNC(=O)c1ccc(COc2ccc(Br)cc2)o1. The van der Waals surface area contributed by atoms with E-state index in [1.807, 2.05) is 24.3 Å². The minimum Gasteiger partial charge on any atom is -0.486 e. The maximum Gasteiger partial charge on any atom is 0.287 e. The summed E-state index contributed by atoms with van der Waals surface area (Å²) < 4.78 is 34.7. The van der Waals surface area contributed by atoms with Gasteiger partial charge in [-0.3, -0.25) is 4.79 Å². The average Bonchev–Trinajstić information content (AvgIpc) is 3.03. The smallest absolute Gasteiger partial charge is 0.287 e. The highest BCUT2D eigenvalue weighted by atomic mass is 79.9. The molecule has 0 radical (unpaired) electrons. The largest absolute Gasteiger partial charge is 0.486 e. The number of rotatable bonds is 8. The standard InChI is InChI=1S/C16H18BrNO5S/c1-2-24(20,21)10-9-18-16(19)15-8-7-14(23-15)11-22-13-5-3-12(17)4-6-13/h3-8H,2,9-11H2,1H3,(H,18,19). The van der Waals surface area contributed by atoms with Crippen LogP contribution in [0, 0.1) is 0 Å². The molecule has 0 aliphatic heterocycles. The summed E-state index contributed by atoms with van der Waals surface area (Å²) in [5, 5.41) is 2.52. The molecule has 0 bridgehead atoms. The molecule has 130 valence electrons. The molecule has 2 aromatic rings. The lowest BCUT2D eigenvalue weighted by atomic mass is 10.3. The Hall–Kier alpha value is -1.80. The fourth-order valence-electron chi connectivity index (χ4n) is 1.81. The Labute approximate surface area is 149 Å². The summed E-state index contributed by atoms with van der Waals surface area (Å²) in [5.74, 6) is 0.834. The highest BCUT2D eigenvalue weighted by molar-refractivity contribution is 9.10. The van der Waals surface area contributed by atoms with E-state index in [1.165, 1.54) is 6.07 Å². The van der Waals surface area contributed by atoms with Gasteiger partial charge < -0.3 is 14.5 Å². The van der Waals surface area contributed by atoms with Gasteiger partial charge in [0.25, 0.3) is 5.91 Å². The molecule has 0 unspecified atom stereocenters. The Morgan fingerprint density at radius 1 is 1.21 bits per heavy atom. The fourth-order valence-corrected chi connectivity index (χ4v) is 2.78. The zero-order valence-corrected chi connectivity index (χ0v) is 15.5. The van der Waals surface area contributed by atoms with Crippen molar-refractivity contribution in [1.29, 1.82) is 0 Å². The van der Waals surface area contributed by atoms with E-state index in [1.54, 1.807) is 13.0 Å². The quantitative estimate of drug-likeness (QED) is 0.716. The first kappa shape index (κ1) is 18.5. The molecule has 1 N–H and O–H groups in total. The molecule has 2 rings (SSSR count). The first-order chi connectivity index (χ1) is 11.4. The molecule has 0 spiro atoms. The minimum absolute atomic E-state index is 0.0560. The third-order valence-corrected chi connectivity index (χ3v) is 5.45. The van der Waals surface area contributed by atoms with Crippen molar-refractivity contribution in [2.45, 2.75) is 13.5 Å². The molecular formula is C16H18BrNO5S. The molecule has 1 amide bonds. The second-order valence-corrected chi connectivity index (χ2v) is 8.39. The van der Waals surface area contributed by atoms with Crippen molar-refractivity contribution >= 4 is 31.7 Å². The predicted octanol–water partition coefficient (Wildman–Crippen LogP) is 2.79. The van der Waals surface area contributed by atoms with Gasteiger partial charge in [-0.1, -0.05) is 22.9 Å². The molecule has 0 aliphatic carbocycles. The van der Waals surface area contributed by atoms with Crippen LogP contribution in [0.25, 0.3) is 0 Å². The first-order valence-electron chi connectivity index (χ1n) is 7.35. The van der Waals surface area contributed by atoms with Gasteiger partial charge in [0, 0.05) is 16.8 Å². The summed E-state index contributed by atoms with van der Waals surface area (Å²) in [5.41, 5.74) is 0. The fraction of sp³-hybridized carbons (Fsp3) is 0.312. The molecule has 24 heavy (non-hydrogen) atoms. The monoisotopic (exact) mass is 415 g/mol. The molecule has 1 aromatic carbocycles. The summed E-state index contributed by atoms with van der Waals surface area (Å²) in [7, 11) is -3.10. The summed E-state index contributed by atoms with van der Waals surface area (Å²) in [6.07, 6.45) is 0. The Balaban J connectivity index is 1.83. The van der Waals surface area contributed by atoms with Crippen molar-refractivity contribution in [1.82, 2.24) is 5.32 Å². The van der Waals surface area contributed by atoms with Crippen LogP contribution in [0.5, 0.6) is 5.75 Å². The van der Waals surface area contributed by atoms with Gasteiger partial charge in [-0.25, -0.2) is 8.42 Å². The van der Waals surface area contributed by atoms with Crippen LogP contribution < -0.4 is 10.1 Å². The molecule has 0 aliphatic rings. The van der Waals surface area contributed by atoms with Crippen LogP contribution in [-0.2, 0) is 16.4 Å². The number of furan rings is 1. The number of hydrogen-bond donors (Lipinski definition) is 1. The lowest BCUT2D eigenvalue weighted by Gasteiger charge is -2.04. The number of amides is 1. The van der Waals surface area contributed by atoms with E-state index in [0.29, 0.717) is 11.5 Å². The number of nitrogens with one attached hydrogen (secondary N) is 1. The molecule has 6 nitrogen and oxygen atoms in total. The number of benzene rings is 1. The Kier molecular flexibility index (Phi) is 6.44. The Morgan fingerprint density at radius 3 is 2.58 bits per heavy atom. The third kappa shape index (κ3) is 5.68. The van der Waals surface area contributed by atoms with Gasteiger partial charge >= 0.3 is 0 Å². The van der Waals surface area contributed by atoms with E-state index >= 15 is 0 Å². The second-order valence-electron chi connectivity index (χ2n) is 5.00. The average molecular weight is 416 g/mol. The maximum absolute atomic E-state index is 11.9. The Morgan fingerprint density at radius 2 is 1.92 bits per heavy atom. The van der Waals surface area contributed by atoms with Gasteiger partial charge in [0.1, 0.15) is 18.1 Å². The van der Waals surface area contributed by atoms with Gasteiger partial charge in [0.2, 0.25) is 0 Å². The van der Waals surface area contributed by atoms with E-state index in [9.17, 15) is 13.2 Å². The van der Waals surface area contributed by atoms with Gasteiger partial charge in [0.15, 0.2) is 15.6 Å². The molecule has 1 heterocycles. The summed E-state index contributed by atoms with van der Waals surface area (Å²) in [6.45, 7) is 1.82. The maximum atomic E-state index is 11.9. The van der Waals surface area contributed by atoms with E-state index < -0.39 is 15.7 Å². The summed E-state index contributed by atoms with van der Waals surface area (Å²) in [6, 6.07) is 10.5. The van der Waals surface area contributed by atoms with Crippen LogP contribution >= 0.6 is 15.9 Å². The van der Waals surface area contributed by atoms with Gasteiger partial charge in [-0.15, -0.1) is 0 Å². The highest BCUT2D eigenvalue weighted by Gasteiger charge is 2.13. The molecule has 0 fully saturated rings. The third-order valence-electron chi connectivity index (χ3n) is 3.22. The van der Waals surface area contributed by atoms with Crippen LogP contribution in [0.1, 0.15) is 23.2 Å². The number of ether oxygens (including phenoxy) is 1. The zero-order valence-electron chi connectivity index (χ0n) is 13.1. The minimum atomic E-state index is -3.10. The van der Waals surface area contributed by atoms with Crippen molar-refractivity contribution in [3.05, 3.63) is 52.4 Å². The van der Waals surface area contributed by atoms with Crippen molar-refractivity contribution in [2.24, 2.45) is 0 Å². The topological polar surface area (TPSA) is 85.6 Å². The molecule has 8 heteroatoms. The van der Waals surface area contributed by atoms with Gasteiger partial charge in [-0.2, -0.15) is 0 Å². The van der Waals surface area contributed by atoms with E-state index in [-0.39, 0.29) is 30.4 Å². The Bertz CT molecular complexity index is 783. The van der Waals surface area contributed by atoms with Crippen molar-refractivity contribution < 1.29 is 22.4 Å². The lowest BCUT2D eigenvalue weighted by molar-refractivity contribution is 0.0924. The number of carbonyl (C=O) groups excluding carboxylic acids is 1. The van der Waals surface area contributed by atoms with Crippen LogP contribution in [0.15, 0.2) is 45.3 Å². The molecular weight excluding hydrogens is 398 g/mol. The normalized spacial score (nSPS) is 11.2. The molecule has 1 aromatic heterocycles. The van der Waals surface area contributed by atoms with Crippen molar-refractivity contribution in [3.8, 4) is 5.75 Å². The second kappa shape index (κ2) is 8.34. The number of hydrogen-bond acceptors (Lipinski definition) is 5. The zero-order chi connectivity index (χ0) is 17.6. The molecule has 0 atom stereocenters. The van der Waals surface area contributed by atoms with Crippen molar-refractivity contribution in [3.63, 3.8) is 0 Å². The highest BCUT2D eigenvalue weighted by Crippen LogP contribution is 2.18. The number of halogens is 1. The summed E-state index contributed by atoms with van der Waals surface area (Å²) in [4.78, 5) is 11.9. The predicted molar refractivity (Wildman–Crippen MR) is 93.8 cm³/mol.